The first kappa shape index (κ1) is 17.8. The predicted molar refractivity (Wildman–Crippen MR) is 89.0 cm³/mol. The van der Waals surface area contributed by atoms with Crippen molar-refractivity contribution in [3.8, 4) is 5.75 Å². The number of benzene rings is 1. The van der Waals surface area contributed by atoms with E-state index < -0.39 is 6.36 Å². The molecule has 1 saturated heterocycles. The number of carbonyl (C=O) groups is 2. The summed E-state index contributed by atoms with van der Waals surface area (Å²) in [5.74, 6) is 0.0720. The van der Waals surface area contributed by atoms with Crippen molar-refractivity contribution in [1.82, 2.24) is 9.88 Å². The molecule has 2 heterocycles. The van der Waals surface area contributed by atoms with Crippen molar-refractivity contribution < 1.29 is 27.5 Å². The van der Waals surface area contributed by atoms with Gasteiger partial charge in [-0.05, 0) is 12.1 Å². The average molecular weight is 391 g/mol. The minimum Gasteiger partial charge on any atom is -0.406 e. The van der Waals surface area contributed by atoms with E-state index in [2.05, 4.69) is 15.0 Å². The molecule has 0 bridgehead atoms. The lowest BCUT2D eigenvalue weighted by molar-refractivity contribution is -0.274. The fraction of sp³-hybridized carbons (Fsp3) is 0.357. The van der Waals surface area contributed by atoms with E-state index in [4.69, 9.17) is 0 Å². The van der Waals surface area contributed by atoms with Gasteiger partial charge < -0.3 is 15.0 Å². The Balaban J connectivity index is 1.61. The maximum absolute atomic E-state index is 12.2. The molecule has 0 spiro atoms. The lowest BCUT2D eigenvalue weighted by atomic mass is 10.3. The van der Waals surface area contributed by atoms with Crippen LogP contribution in [0.3, 0.4) is 0 Å². The zero-order valence-corrected chi connectivity index (χ0v) is 14.3. The topological polar surface area (TPSA) is 71.5 Å². The third-order valence-corrected chi connectivity index (χ3v) is 5.12. The Morgan fingerprint density at radius 2 is 2.20 bits per heavy atom. The molecule has 2 amide bonds. The summed E-state index contributed by atoms with van der Waals surface area (Å²) in [6.45, 7) is 0.950. The zero-order valence-electron chi connectivity index (χ0n) is 12.6. The van der Waals surface area contributed by atoms with Gasteiger partial charge in [-0.2, -0.15) is 0 Å². The Morgan fingerprint density at radius 3 is 2.88 bits per heavy atom. The second-order valence-electron chi connectivity index (χ2n) is 5.10. The van der Waals surface area contributed by atoms with Crippen molar-refractivity contribution in [3.05, 3.63) is 18.2 Å². The summed E-state index contributed by atoms with van der Waals surface area (Å²) in [7, 11) is 0. The number of alkyl halides is 3. The molecule has 11 heteroatoms. The molecule has 1 N–H and O–H groups in total. The largest absolute Gasteiger partial charge is 0.573 e. The van der Waals surface area contributed by atoms with Gasteiger partial charge in [-0.15, -0.1) is 13.2 Å². The first-order valence-corrected chi connectivity index (χ1v) is 8.98. The van der Waals surface area contributed by atoms with Crippen molar-refractivity contribution in [2.75, 3.05) is 24.2 Å². The Labute approximate surface area is 148 Å². The van der Waals surface area contributed by atoms with E-state index in [1.54, 1.807) is 4.90 Å². The molecule has 0 atom stereocenters. The number of thioether (sulfide) groups is 1. The minimum atomic E-state index is -4.76. The number of aromatic nitrogens is 1. The van der Waals surface area contributed by atoms with Crippen LogP contribution in [0.25, 0.3) is 10.2 Å². The number of amides is 2. The molecule has 1 aliphatic rings. The first-order chi connectivity index (χ1) is 11.8. The third-order valence-electron chi connectivity index (χ3n) is 3.29. The monoisotopic (exact) mass is 391 g/mol. The fourth-order valence-corrected chi connectivity index (χ4v) is 3.96. The summed E-state index contributed by atoms with van der Waals surface area (Å²) in [6.07, 6.45) is -4.63. The van der Waals surface area contributed by atoms with Crippen LogP contribution in [-0.2, 0) is 4.79 Å². The van der Waals surface area contributed by atoms with Gasteiger partial charge in [0.2, 0.25) is 5.91 Å². The molecule has 0 saturated carbocycles. The summed E-state index contributed by atoms with van der Waals surface area (Å²) in [5.41, 5.74) is 0.459. The molecule has 1 aromatic heterocycles. The molecular weight excluding hydrogens is 379 g/mol. The van der Waals surface area contributed by atoms with Gasteiger partial charge in [-0.1, -0.05) is 23.1 Å². The van der Waals surface area contributed by atoms with Crippen molar-refractivity contribution in [1.29, 1.82) is 0 Å². The molecule has 25 heavy (non-hydrogen) atoms. The Bertz CT molecular complexity index is 809. The number of rotatable bonds is 5. The minimum absolute atomic E-state index is 0.0371. The highest BCUT2D eigenvalue weighted by Crippen LogP contribution is 2.31. The predicted octanol–water partition coefficient (Wildman–Crippen LogP) is 3.69. The number of carbonyl (C=O) groups excluding carboxylic acids is 2. The summed E-state index contributed by atoms with van der Waals surface area (Å²) in [6, 6.07) is 3.77. The molecule has 0 unspecified atom stereocenters. The number of anilines is 1. The summed E-state index contributed by atoms with van der Waals surface area (Å²) >= 11 is 2.27. The van der Waals surface area contributed by atoms with Crippen LogP contribution in [0.4, 0.5) is 23.1 Å². The average Bonchev–Trinajstić information content (AvgIpc) is 3.08. The highest BCUT2D eigenvalue weighted by atomic mass is 32.2. The van der Waals surface area contributed by atoms with E-state index in [1.807, 2.05) is 0 Å². The van der Waals surface area contributed by atoms with Crippen LogP contribution in [0, 0.1) is 0 Å². The lowest BCUT2D eigenvalue weighted by Crippen LogP contribution is -2.27. The lowest BCUT2D eigenvalue weighted by Gasteiger charge is -2.13. The number of hydrogen-bond donors (Lipinski definition) is 1. The highest BCUT2D eigenvalue weighted by molar-refractivity contribution is 8.13. The van der Waals surface area contributed by atoms with Crippen molar-refractivity contribution in [2.45, 2.75) is 12.8 Å². The molecule has 6 nitrogen and oxygen atoms in total. The normalized spacial score (nSPS) is 15.0. The van der Waals surface area contributed by atoms with Gasteiger partial charge in [-0.25, -0.2) is 4.98 Å². The molecule has 134 valence electrons. The van der Waals surface area contributed by atoms with Crippen LogP contribution >= 0.6 is 23.1 Å². The summed E-state index contributed by atoms with van der Waals surface area (Å²) in [5, 5.41) is 2.85. The van der Waals surface area contributed by atoms with Crippen LogP contribution in [0.5, 0.6) is 5.75 Å². The molecule has 1 aliphatic heterocycles. The Morgan fingerprint density at radius 1 is 1.40 bits per heavy atom. The smallest absolute Gasteiger partial charge is 0.406 e. The fourth-order valence-electron chi connectivity index (χ4n) is 2.20. The van der Waals surface area contributed by atoms with E-state index in [1.165, 1.54) is 23.9 Å². The standard InChI is InChI=1S/C14H12F3N3O3S2/c15-14(16,17)23-8-1-2-9-10(7-8)25-12(18-9)19-11(21)3-4-20-5-6-24-13(20)22/h1-2,7H,3-6H2,(H,18,19,21). The van der Waals surface area contributed by atoms with Crippen LogP contribution in [-0.4, -0.2) is 46.2 Å². The number of ether oxygens (including phenoxy) is 1. The van der Waals surface area contributed by atoms with Crippen LogP contribution in [0.2, 0.25) is 0 Å². The molecule has 2 aromatic rings. The van der Waals surface area contributed by atoms with Crippen LogP contribution in [0.15, 0.2) is 18.2 Å². The molecular formula is C14H12F3N3O3S2. The maximum Gasteiger partial charge on any atom is 0.573 e. The zero-order chi connectivity index (χ0) is 18.0. The quantitative estimate of drug-likeness (QED) is 0.842. The molecule has 0 radical (unpaired) electrons. The number of fused-ring (bicyclic) bond motifs is 1. The van der Waals surface area contributed by atoms with Crippen molar-refractivity contribution >= 4 is 49.6 Å². The summed E-state index contributed by atoms with van der Waals surface area (Å²) < 4.78 is 41.0. The van der Waals surface area contributed by atoms with E-state index in [-0.39, 0.29) is 28.4 Å². The van der Waals surface area contributed by atoms with Gasteiger partial charge in [0.15, 0.2) is 5.13 Å². The van der Waals surface area contributed by atoms with Gasteiger partial charge in [0.1, 0.15) is 5.75 Å². The Hall–Kier alpha value is -2.01. The van der Waals surface area contributed by atoms with Gasteiger partial charge in [-0.3, -0.25) is 9.59 Å². The Kier molecular flexibility index (Phi) is 5.04. The van der Waals surface area contributed by atoms with E-state index >= 15 is 0 Å². The van der Waals surface area contributed by atoms with Gasteiger partial charge in [0, 0.05) is 31.3 Å². The second kappa shape index (κ2) is 7.08. The van der Waals surface area contributed by atoms with Crippen molar-refractivity contribution in [3.63, 3.8) is 0 Å². The molecule has 3 rings (SSSR count). The summed E-state index contributed by atoms with van der Waals surface area (Å²) in [4.78, 5) is 29.1. The van der Waals surface area contributed by atoms with E-state index in [9.17, 15) is 22.8 Å². The van der Waals surface area contributed by atoms with Gasteiger partial charge >= 0.3 is 6.36 Å². The third kappa shape index (κ3) is 4.75. The maximum atomic E-state index is 12.2. The number of halogens is 3. The number of nitrogens with zero attached hydrogens (tertiary/aromatic N) is 2. The van der Waals surface area contributed by atoms with E-state index in [0.29, 0.717) is 23.3 Å². The molecule has 1 fully saturated rings. The van der Waals surface area contributed by atoms with Crippen LogP contribution in [0.1, 0.15) is 6.42 Å². The highest BCUT2D eigenvalue weighted by Gasteiger charge is 2.31. The number of hydrogen-bond acceptors (Lipinski definition) is 6. The van der Waals surface area contributed by atoms with Gasteiger partial charge in [0.05, 0.1) is 10.2 Å². The number of nitrogens with one attached hydrogen (secondary N) is 1. The number of thiazole rings is 1. The second-order valence-corrected chi connectivity index (χ2v) is 7.17. The molecule has 0 aliphatic carbocycles. The SMILES string of the molecule is O=C(CCN1CCSC1=O)Nc1nc2ccc(OC(F)(F)F)cc2s1. The van der Waals surface area contributed by atoms with Gasteiger partial charge in [0.25, 0.3) is 5.24 Å². The molecule has 1 aromatic carbocycles. The van der Waals surface area contributed by atoms with Crippen LogP contribution < -0.4 is 10.1 Å². The van der Waals surface area contributed by atoms with Crippen molar-refractivity contribution in [2.24, 2.45) is 0 Å². The first-order valence-electron chi connectivity index (χ1n) is 7.18. The van der Waals surface area contributed by atoms with E-state index in [0.717, 1.165) is 23.2 Å².